The van der Waals surface area contributed by atoms with Crippen LogP contribution in [0.5, 0.6) is 0 Å². The zero-order valence-electron chi connectivity index (χ0n) is 19.0. The number of hydrogen-bond acceptors (Lipinski definition) is 6. The Morgan fingerprint density at radius 2 is 1.76 bits per heavy atom. The summed E-state index contributed by atoms with van der Waals surface area (Å²) in [6, 6.07) is 16.9. The van der Waals surface area contributed by atoms with E-state index in [0.717, 1.165) is 22.5 Å². The van der Waals surface area contributed by atoms with Gasteiger partial charge in [-0.25, -0.2) is 9.78 Å². The number of rotatable bonds is 6. The number of anilines is 1. The van der Waals surface area contributed by atoms with Crippen molar-refractivity contribution in [2.45, 2.75) is 20.8 Å². The van der Waals surface area contributed by atoms with Gasteiger partial charge in [0, 0.05) is 10.9 Å². The van der Waals surface area contributed by atoms with Gasteiger partial charge in [0.25, 0.3) is 11.8 Å². The average Bonchev–Trinajstić information content (AvgIpc) is 3.14. The van der Waals surface area contributed by atoms with Crippen LogP contribution < -0.4 is 11.1 Å². The number of hydrogen-bond donors (Lipinski definition) is 2. The molecule has 4 rings (SSSR count). The van der Waals surface area contributed by atoms with Gasteiger partial charge in [-0.2, -0.15) is 0 Å². The number of aromatic nitrogens is 1. The molecule has 0 saturated carbocycles. The number of ether oxygens (including phenoxy) is 1. The molecule has 0 unspecified atom stereocenters. The Hall–Kier alpha value is -4.04. The van der Waals surface area contributed by atoms with Crippen molar-refractivity contribution in [3.63, 3.8) is 0 Å². The molecule has 0 atom stereocenters. The van der Waals surface area contributed by atoms with Crippen LogP contribution in [0.15, 0.2) is 54.6 Å². The molecule has 2 amide bonds. The van der Waals surface area contributed by atoms with Crippen molar-refractivity contribution < 1.29 is 19.1 Å². The Bertz CT molecular complexity index is 1420. The molecular weight excluding hydrogens is 450 g/mol. The maximum absolute atomic E-state index is 13.5. The quantitative estimate of drug-likeness (QED) is 0.378. The number of para-hydroxylation sites is 1. The van der Waals surface area contributed by atoms with Crippen molar-refractivity contribution in [2.24, 2.45) is 5.73 Å². The van der Waals surface area contributed by atoms with Gasteiger partial charge >= 0.3 is 5.97 Å². The second kappa shape index (κ2) is 9.44. The fourth-order valence-electron chi connectivity index (χ4n) is 3.69. The highest BCUT2D eigenvalue weighted by atomic mass is 32.1. The van der Waals surface area contributed by atoms with E-state index in [1.165, 1.54) is 0 Å². The molecular formula is C26H23N3O4S. The lowest BCUT2D eigenvalue weighted by Gasteiger charge is -2.11. The zero-order valence-corrected chi connectivity index (χ0v) is 19.8. The molecule has 2 aromatic carbocycles. The first kappa shape index (κ1) is 23.1. The Labute approximate surface area is 200 Å². The van der Waals surface area contributed by atoms with Crippen LogP contribution in [0.2, 0.25) is 0 Å². The standard InChI is InChI=1S/C26H23N3O4S/c1-4-33-26(32)21-15(3)22(23(27)30)34-25(21)29-24(31)18-13-20(16-11-9-14(2)10-12-16)28-19-8-6-5-7-17(18)19/h5-13H,4H2,1-3H3,(H2,27,30)(H,29,31). The molecule has 7 nitrogen and oxygen atoms in total. The number of thiophene rings is 1. The number of esters is 1. The predicted octanol–water partition coefficient (Wildman–Crippen LogP) is 5.11. The lowest BCUT2D eigenvalue weighted by Crippen LogP contribution is -2.16. The summed E-state index contributed by atoms with van der Waals surface area (Å²) >= 11 is 0.956. The van der Waals surface area contributed by atoms with E-state index in [9.17, 15) is 14.4 Å². The van der Waals surface area contributed by atoms with Gasteiger partial charge in [0.15, 0.2) is 0 Å². The van der Waals surface area contributed by atoms with Crippen molar-refractivity contribution in [3.05, 3.63) is 81.7 Å². The minimum absolute atomic E-state index is 0.131. The van der Waals surface area contributed by atoms with Gasteiger partial charge < -0.3 is 15.8 Å². The summed E-state index contributed by atoms with van der Waals surface area (Å²) < 4.78 is 5.14. The molecule has 0 aliphatic carbocycles. The smallest absolute Gasteiger partial charge is 0.341 e. The van der Waals surface area contributed by atoms with Crippen LogP contribution in [0.25, 0.3) is 22.2 Å². The number of nitrogens with one attached hydrogen (secondary N) is 1. The largest absolute Gasteiger partial charge is 0.462 e. The number of primary amides is 1. The molecule has 0 aliphatic heterocycles. The molecule has 0 aliphatic rings. The first-order valence-corrected chi connectivity index (χ1v) is 11.5. The van der Waals surface area contributed by atoms with Crippen molar-refractivity contribution in [1.82, 2.24) is 4.98 Å². The molecule has 2 heterocycles. The molecule has 4 aromatic rings. The maximum atomic E-state index is 13.5. The van der Waals surface area contributed by atoms with Crippen LogP contribution in [0.1, 0.15) is 48.4 Å². The predicted molar refractivity (Wildman–Crippen MR) is 133 cm³/mol. The summed E-state index contributed by atoms with van der Waals surface area (Å²) in [5, 5.41) is 3.68. The Morgan fingerprint density at radius 3 is 2.44 bits per heavy atom. The minimum atomic E-state index is -0.676. The van der Waals surface area contributed by atoms with Crippen molar-refractivity contribution in [3.8, 4) is 11.3 Å². The fraction of sp³-hybridized carbons (Fsp3) is 0.154. The molecule has 0 spiro atoms. The third-order valence-corrected chi connectivity index (χ3v) is 6.61. The van der Waals surface area contributed by atoms with Gasteiger partial charge in [-0.05, 0) is 38.5 Å². The Balaban J connectivity index is 1.81. The number of amides is 2. The molecule has 34 heavy (non-hydrogen) atoms. The number of nitrogens with two attached hydrogens (primary N) is 1. The first-order valence-electron chi connectivity index (χ1n) is 10.7. The average molecular weight is 474 g/mol. The Morgan fingerprint density at radius 1 is 1.06 bits per heavy atom. The molecule has 172 valence electrons. The number of carbonyl (C=O) groups excluding carboxylic acids is 3. The van der Waals surface area contributed by atoms with E-state index in [2.05, 4.69) is 5.32 Å². The van der Waals surface area contributed by atoms with E-state index in [4.69, 9.17) is 15.5 Å². The number of carbonyl (C=O) groups is 3. The molecule has 8 heteroatoms. The van der Waals surface area contributed by atoms with Crippen LogP contribution in [-0.2, 0) is 4.74 Å². The van der Waals surface area contributed by atoms with Gasteiger partial charge in [-0.3, -0.25) is 9.59 Å². The van der Waals surface area contributed by atoms with Gasteiger partial charge in [0.2, 0.25) is 0 Å². The van der Waals surface area contributed by atoms with E-state index < -0.39 is 17.8 Å². The summed E-state index contributed by atoms with van der Waals surface area (Å²) in [5.41, 5.74) is 9.69. The fourth-order valence-corrected chi connectivity index (χ4v) is 4.73. The highest BCUT2D eigenvalue weighted by Gasteiger charge is 2.26. The van der Waals surface area contributed by atoms with Gasteiger partial charge in [0.05, 0.1) is 33.8 Å². The summed E-state index contributed by atoms with van der Waals surface area (Å²) in [6.07, 6.45) is 0. The highest BCUT2D eigenvalue weighted by Crippen LogP contribution is 2.34. The number of aryl methyl sites for hydroxylation is 1. The summed E-state index contributed by atoms with van der Waals surface area (Å²) in [6.45, 7) is 5.45. The van der Waals surface area contributed by atoms with E-state index in [0.29, 0.717) is 27.7 Å². The summed E-state index contributed by atoms with van der Waals surface area (Å²) in [7, 11) is 0. The van der Waals surface area contributed by atoms with Gasteiger partial charge in [-0.15, -0.1) is 11.3 Å². The molecule has 0 fully saturated rings. The lowest BCUT2D eigenvalue weighted by atomic mass is 10.0. The van der Waals surface area contributed by atoms with Crippen molar-refractivity contribution in [1.29, 1.82) is 0 Å². The van der Waals surface area contributed by atoms with Crippen LogP contribution in [0.3, 0.4) is 0 Å². The topological polar surface area (TPSA) is 111 Å². The number of nitrogens with zero attached hydrogens (tertiary/aromatic N) is 1. The number of benzene rings is 2. The number of fused-ring (bicyclic) bond motifs is 1. The van der Waals surface area contributed by atoms with Crippen LogP contribution in [0.4, 0.5) is 5.00 Å². The van der Waals surface area contributed by atoms with E-state index in [-0.39, 0.29) is 22.0 Å². The number of pyridine rings is 1. The summed E-state index contributed by atoms with van der Waals surface area (Å²) in [5.74, 6) is -1.74. The molecule has 3 N–H and O–H groups in total. The first-order chi connectivity index (χ1) is 16.3. The second-order valence-corrected chi connectivity index (χ2v) is 8.76. The third kappa shape index (κ3) is 4.40. The van der Waals surface area contributed by atoms with E-state index in [1.807, 2.05) is 55.5 Å². The second-order valence-electron chi connectivity index (χ2n) is 7.74. The highest BCUT2D eigenvalue weighted by molar-refractivity contribution is 7.18. The van der Waals surface area contributed by atoms with Crippen LogP contribution >= 0.6 is 11.3 Å². The monoisotopic (exact) mass is 473 g/mol. The van der Waals surface area contributed by atoms with E-state index >= 15 is 0 Å². The lowest BCUT2D eigenvalue weighted by molar-refractivity contribution is 0.0527. The van der Waals surface area contributed by atoms with Crippen molar-refractivity contribution >= 4 is 45.0 Å². The zero-order chi connectivity index (χ0) is 24.4. The minimum Gasteiger partial charge on any atom is -0.462 e. The molecule has 2 aromatic heterocycles. The SMILES string of the molecule is CCOC(=O)c1c(NC(=O)c2cc(-c3ccc(C)cc3)nc3ccccc23)sc(C(N)=O)c1C. The van der Waals surface area contributed by atoms with Crippen LogP contribution in [0, 0.1) is 13.8 Å². The summed E-state index contributed by atoms with van der Waals surface area (Å²) in [4.78, 5) is 42.9. The maximum Gasteiger partial charge on any atom is 0.341 e. The van der Waals surface area contributed by atoms with Gasteiger partial charge in [-0.1, -0.05) is 48.0 Å². The Kier molecular flexibility index (Phi) is 6.43. The normalized spacial score (nSPS) is 10.8. The molecule has 0 bridgehead atoms. The van der Waals surface area contributed by atoms with Crippen molar-refractivity contribution in [2.75, 3.05) is 11.9 Å². The van der Waals surface area contributed by atoms with Gasteiger partial charge in [0.1, 0.15) is 5.00 Å². The van der Waals surface area contributed by atoms with Crippen LogP contribution in [-0.4, -0.2) is 29.4 Å². The van der Waals surface area contributed by atoms with E-state index in [1.54, 1.807) is 19.9 Å². The molecule has 0 saturated heterocycles. The molecule has 0 radical (unpaired) electrons. The third-order valence-electron chi connectivity index (χ3n) is 5.39.